The van der Waals surface area contributed by atoms with Crippen molar-refractivity contribution < 1.29 is 14.3 Å². The van der Waals surface area contributed by atoms with Gasteiger partial charge in [-0.05, 0) is 32.8 Å². The Kier molecular flexibility index (Phi) is 6.75. The number of amides is 1. The number of hydrogen-bond donors (Lipinski definition) is 1. The molecule has 0 aliphatic rings. The van der Waals surface area contributed by atoms with Crippen molar-refractivity contribution in [2.75, 3.05) is 6.54 Å². The summed E-state index contributed by atoms with van der Waals surface area (Å²) in [6, 6.07) is 9.91. The highest BCUT2D eigenvalue weighted by atomic mass is 32.2. The van der Waals surface area contributed by atoms with Crippen LogP contribution in [0.4, 0.5) is 4.79 Å². The highest BCUT2D eigenvalue weighted by Crippen LogP contribution is 2.17. The van der Waals surface area contributed by atoms with E-state index in [0.717, 1.165) is 12.0 Å². The second-order valence-corrected chi connectivity index (χ2v) is 7.28. The highest BCUT2D eigenvalue weighted by Gasteiger charge is 2.18. The molecule has 116 valence electrons. The Morgan fingerprint density at radius 3 is 2.38 bits per heavy atom. The number of nitrogens with one attached hydrogen (secondary N) is 1. The van der Waals surface area contributed by atoms with E-state index in [9.17, 15) is 9.59 Å². The van der Waals surface area contributed by atoms with Gasteiger partial charge in [0.2, 0.25) is 0 Å². The molecule has 0 aromatic heterocycles. The molecular weight excluding hydrogens is 286 g/mol. The standard InChI is InChI=1S/C16H23NO3S/c1-12(18)21-14(10-13-8-6-5-7-9-13)11-17-15(19)20-16(2,3)4/h5-9,14H,10-11H2,1-4H3,(H,17,19)/t14-/m1/s1. The van der Waals surface area contributed by atoms with Gasteiger partial charge in [0.1, 0.15) is 5.60 Å². The van der Waals surface area contributed by atoms with Gasteiger partial charge in [0.15, 0.2) is 5.12 Å². The van der Waals surface area contributed by atoms with E-state index in [4.69, 9.17) is 4.74 Å². The molecular formula is C16H23NO3S. The first kappa shape index (κ1) is 17.6. The second-order valence-electron chi connectivity index (χ2n) is 5.80. The summed E-state index contributed by atoms with van der Waals surface area (Å²) in [4.78, 5) is 23.0. The predicted octanol–water partition coefficient (Wildman–Crippen LogP) is 3.40. The largest absolute Gasteiger partial charge is 0.444 e. The van der Waals surface area contributed by atoms with Gasteiger partial charge in [-0.2, -0.15) is 0 Å². The predicted molar refractivity (Wildman–Crippen MR) is 86.4 cm³/mol. The molecule has 1 N–H and O–H groups in total. The molecule has 21 heavy (non-hydrogen) atoms. The average Bonchev–Trinajstić information content (AvgIpc) is 2.34. The molecule has 1 aromatic rings. The lowest BCUT2D eigenvalue weighted by Gasteiger charge is -2.21. The van der Waals surface area contributed by atoms with E-state index in [1.54, 1.807) is 0 Å². The van der Waals surface area contributed by atoms with Gasteiger partial charge in [-0.15, -0.1) is 0 Å². The third kappa shape index (κ3) is 8.40. The molecule has 4 nitrogen and oxygen atoms in total. The van der Waals surface area contributed by atoms with Crippen LogP contribution in [0.25, 0.3) is 0 Å². The Morgan fingerprint density at radius 1 is 1.24 bits per heavy atom. The summed E-state index contributed by atoms with van der Waals surface area (Å²) in [5.74, 6) is 0. The summed E-state index contributed by atoms with van der Waals surface area (Å²) in [5, 5.41) is 2.77. The summed E-state index contributed by atoms with van der Waals surface area (Å²) in [6.07, 6.45) is 0.269. The number of carbonyl (C=O) groups is 2. The summed E-state index contributed by atoms with van der Waals surface area (Å²) < 4.78 is 5.20. The number of rotatable bonds is 5. The molecule has 0 saturated carbocycles. The third-order valence-electron chi connectivity index (χ3n) is 2.51. The number of ether oxygens (including phenoxy) is 1. The number of carbonyl (C=O) groups excluding carboxylic acids is 2. The minimum Gasteiger partial charge on any atom is -0.444 e. The van der Waals surface area contributed by atoms with Crippen molar-refractivity contribution in [1.82, 2.24) is 5.32 Å². The Hall–Kier alpha value is -1.49. The molecule has 5 heteroatoms. The van der Waals surface area contributed by atoms with Crippen LogP contribution in [0.1, 0.15) is 33.3 Å². The van der Waals surface area contributed by atoms with E-state index in [1.807, 2.05) is 51.1 Å². The van der Waals surface area contributed by atoms with Crippen LogP contribution >= 0.6 is 11.8 Å². The molecule has 1 rings (SSSR count). The molecule has 0 bridgehead atoms. The van der Waals surface area contributed by atoms with Crippen LogP contribution in [-0.4, -0.2) is 28.6 Å². The first-order valence-electron chi connectivity index (χ1n) is 6.94. The minimum atomic E-state index is -0.521. The van der Waals surface area contributed by atoms with E-state index in [0.29, 0.717) is 6.54 Å². The molecule has 0 radical (unpaired) electrons. The monoisotopic (exact) mass is 309 g/mol. The summed E-state index contributed by atoms with van der Waals surface area (Å²) in [5.41, 5.74) is 0.620. The van der Waals surface area contributed by atoms with Crippen molar-refractivity contribution in [3.8, 4) is 0 Å². The smallest absolute Gasteiger partial charge is 0.407 e. The van der Waals surface area contributed by atoms with Crippen molar-refractivity contribution >= 4 is 23.0 Å². The van der Waals surface area contributed by atoms with Crippen molar-refractivity contribution in [2.45, 2.75) is 45.0 Å². The van der Waals surface area contributed by atoms with E-state index in [1.165, 1.54) is 18.7 Å². The number of benzene rings is 1. The van der Waals surface area contributed by atoms with Crippen LogP contribution in [0.2, 0.25) is 0 Å². The van der Waals surface area contributed by atoms with Gasteiger partial charge < -0.3 is 10.1 Å². The minimum absolute atomic E-state index is 0.00239. The second kappa shape index (κ2) is 8.08. The van der Waals surface area contributed by atoms with E-state index >= 15 is 0 Å². The number of hydrogen-bond acceptors (Lipinski definition) is 4. The van der Waals surface area contributed by atoms with Gasteiger partial charge in [-0.1, -0.05) is 42.1 Å². The topological polar surface area (TPSA) is 55.4 Å². The Labute approximate surface area is 130 Å². The normalized spacial score (nSPS) is 12.6. The van der Waals surface area contributed by atoms with Crippen molar-refractivity contribution in [3.63, 3.8) is 0 Å². The molecule has 0 saturated heterocycles. The summed E-state index contributed by atoms with van der Waals surface area (Å²) in [7, 11) is 0. The van der Waals surface area contributed by atoms with Crippen LogP contribution in [0.3, 0.4) is 0 Å². The number of thioether (sulfide) groups is 1. The maximum absolute atomic E-state index is 11.7. The van der Waals surface area contributed by atoms with Gasteiger partial charge in [-0.25, -0.2) is 4.79 Å². The third-order valence-corrected chi connectivity index (χ3v) is 3.51. The molecule has 0 fully saturated rings. The highest BCUT2D eigenvalue weighted by molar-refractivity contribution is 8.14. The quantitative estimate of drug-likeness (QED) is 0.905. The fourth-order valence-electron chi connectivity index (χ4n) is 1.78. The zero-order valence-electron chi connectivity index (χ0n) is 13.0. The zero-order chi connectivity index (χ0) is 15.9. The van der Waals surface area contributed by atoms with Crippen LogP contribution in [0.15, 0.2) is 30.3 Å². The van der Waals surface area contributed by atoms with E-state index in [-0.39, 0.29) is 10.4 Å². The van der Waals surface area contributed by atoms with Crippen LogP contribution in [-0.2, 0) is 16.0 Å². The molecule has 1 aromatic carbocycles. The molecule has 0 aliphatic heterocycles. The van der Waals surface area contributed by atoms with Gasteiger partial charge in [0, 0.05) is 18.7 Å². The summed E-state index contributed by atoms with van der Waals surface area (Å²) in [6.45, 7) is 7.39. The fourth-order valence-corrected chi connectivity index (χ4v) is 2.69. The lowest BCUT2D eigenvalue weighted by Crippen LogP contribution is -2.36. The maximum atomic E-state index is 11.7. The molecule has 0 heterocycles. The van der Waals surface area contributed by atoms with Gasteiger partial charge in [0.25, 0.3) is 0 Å². The zero-order valence-corrected chi connectivity index (χ0v) is 13.8. The lowest BCUT2D eigenvalue weighted by molar-refractivity contribution is -0.109. The van der Waals surface area contributed by atoms with Crippen molar-refractivity contribution in [1.29, 1.82) is 0 Å². The number of alkyl carbamates (subject to hydrolysis) is 1. The Morgan fingerprint density at radius 2 is 1.86 bits per heavy atom. The lowest BCUT2D eigenvalue weighted by atomic mass is 10.1. The Bertz CT molecular complexity index is 468. The van der Waals surface area contributed by atoms with Crippen molar-refractivity contribution in [2.24, 2.45) is 0 Å². The first-order chi connectivity index (χ1) is 9.76. The molecule has 0 spiro atoms. The average molecular weight is 309 g/mol. The van der Waals surface area contributed by atoms with E-state index < -0.39 is 11.7 Å². The van der Waals surface area contributed by atoms with Gasteiger partial charge in [-0.3, -0.25) is 4.79 Å². The van der Waals surface area contributed by atoms with Gasteiger partial charge in [0.05, 0.1) is 0 Å². The summed E-state index contributed by atoms with van der Waals surface area (Å²) >= 11 is 1.25. The molecule has 0 aliphatic carbocycles. The van der Waals surface area contributed by atoms with Crippen molar-refractivity contribution in [3.05, 3.63) is 35.9 Å². The van der Waals surface area contributed by atoms with Crippen LogP contribution in [0, 0.1) is 0 Å². The SMILES string of the molecule is CC(=O)S[C@@H](CNC(=O)OC(C)(C)C)Cc1ccccc1. The van der Waals surface area contributed by atoms with Crippen LogP contribution < -0.4 is 5.32 Å². The molecule has 1 atom stereocenters. The van der Waals surface area contributed by atoms with Crippen LogP contribution in [0.5, 0.6) is 0 Å². The van der Waals surface area contributed by atoms with E-state index in [2.05, 4.69) is 5.32 Å². The maximum Gasteiger partial charge on any atom is 0.407 e. The molecule has 0 unspecified atom stereocenters. The fraction of sp³-hybridized carbons (Fsp3) is 0.500. The Balaban J connectivity index is 2.54. The molecule has 1 amide bonds. The first-order valence-corrected chi connectivity index (χ1v) is 7.82. The van der Waals surface area contributed by atoms with Gasteiger partial charge >= 0.3 is 6.09 Å².